The molecule has 1 aliphatic carbocycles. The molecule has 3 atom stereocenters. The molecule has 0 fully saturated rings. The largest absolute Gasteiger partial charge is 0.493 e. The average Bonchev–Trinajstić information content (AvgIpc) is 2.88. The fraction of sp³-hybridized carbons (Fsp3) is 0.519. The second kappa shape index (κ2) is 12.4. The third kappa shape index (κ3) is 5.58. The summed E-state index contributed by atoms with van der Waals surface area (Å²) in [6.45, 7) is 5.89. The lowest BCUT2D eigenvalue weighted by molar-refractivity contribution is -0.151. The Bertz CT molecular complexity index is 1100. The molecule has 9 nitrogen and oxygen atoms in total. The molecule has 202 valence electrons. The molecule has 0 bridgehead atoms. The Labute approximate surface area is 221 Å². The van der Waals surface area contributed by atoms with Gasteiger partial charge >= 0.3 is 11.9 Å². The van der Waals surface area contributed by atoms with Gasteiger partial charge in [-0.2, -0.15) is 11.8 Å². The van der Waals surface area contributed by atoms with E-state index in [1.165, 1.54) is 28.4 Å². The summed E-state index contributed by atoms with van der Waals surface area (Å²) in [5.41, 5.74) is 2.46. The van der Waals surface area contributed by atoms with Crippen LogP contribution in [-0.2, 0) is 23.9 Å². The van der Waals surface area contributed by atoms with Gasteiger partial charge in [-0.1, -0.05) is 13.8 Å². The van der Waals surface area contributed by atoms with Crippen molar-refractivity contribution in [1.82, 2.24) is 5.32 Å². The number of thioether (sulfide) groups is 1. The minimum absolute atomic E-state index is 0.234. The number of nitrogens with one attached hydrogen (secondary N) is 1. The highest BCUT2D eigenvalue weighted by atomic mass is 32.2. The molecule has 0 radical (unpaired) electrons. The number of ether oxygens (including phenoxy) is 5. The van der Waals surface area contributed by atoms with Crippen molar-refractivity contribution in [3.8, 4) is 17.2 Å². The van der Waals surface area contributed by atoms with Crippen LogP contribution in [0.2, 0.25) is 0 Å². The number of esters is 2. The van der Waals surface area contributed by atoms with Gasteiger partial charge in [-0.15, -0.1) is 0 Å². The van der Waals surface area contributed by atoms with Gasteiger partial charge in [0.2, 0.25) is 5.75 Å². The molecule has 0 spiro atoms. The molecule has 37 heavy (non-hydrogen) atoms. The van der Waals surface area contributed by atoms with Crippen LogP contribution in [0.1, 0.15) is 38.7 Å². The molecule has 3 rings (SSSR count). The van der Waals surface area contributed by atoms with Crippen molar-refractivity contribution in [2.24, 2.45) is 11.8 Å². The molecule has 1 heterocycles. The van der Waals surface area contributed by atoms with Crippen LogP contribution in [0.4, 0.5) is 0 Å². The van der Waals surface area contributed by atoms with E-state index in [1.54, 1.807) is 30.8 Å². The van der Waals surface area contributed by atoms with Crippen LogP contribution in [0.15, 0.2) is 34.7 Å². The highest BCUT2D eigenvalue weighted by molar-refractivity contribution is 7.99. The van der Waals surface area contributed by atoms with Crippen LogP contribution in [0, 0.1) is 11.8 Å². The summed E-state index contributed by atoms with van der Waals surface area (Å²) in [5.74, 6) is -0.882. The van der Waals surface area contributed by atoms with Crippen molar-refractivity contribution in [3.63, 3.8) is 0 Å². The first-order valence-corrected chi connectivity index (χ1v) is 13.3. The van der Waals surface area contributed by atoms with Crippen LogP contribution in [0.3, 0.4) is 0 Å². The van der Waals surface area contributed by atoms with E-state index in [2.05, 4.69) is 5.32 Å². The lowest BCUT2D eigenvalue weighted by Gasteiger charge is -2.38. The average molecular weight is 534 g/mol. The molecule has 1 aromatic rings. The standard InChI is InChI=1S/C27H35NO8S/c1-8-37-10-9-36-27(31)21-15(3)28-17-11-14(2)20(26(30)35-7)24(29)23(17)22(21)16-12-18(32-4)25(34-6)19(13-16)33-5/h12-14,20,22,28H,8-11H2,1-7H3/t14-,20+,22-/m0/s1. The number of dihydropyridines is 1. The Balaban J connectivity index is 2.21. The molecule has 1 N–H and O–H groups in total. The van der Waals surface area contributed by atoms with Crippen LogP contribution in [0.5, 0.6) is 17.2 Å². The first-order chi connectivity index (χ1) is 17.7. The fourth-order valence-electron chi connectivity index (χ4n) is 4.97. The normalized spacial score (nSPS) is 21.2. The summed E-state index contributed by atoms with van der Waals surface area (Å²) < 4.78 is 27.2. The summed E-state index contributed by atoms with van der Waals surface area (Å²) in [4.78, 5) is 40.0. The van der Waals surface area contributed by atoms with Crippen molar-refractivity contribution in [2.75, 3.05) is 46.6 Å². The first-order valence-electron chi connectivity index (χ1n) is 12.1. The van der Waals surface area contributed by atoms with Gasteiger partial charge in [-0.05, 0) is 42.7 Å². The van der Waals surface area contributed by atoms with E-state index in [4.69, 9.17) is 23.7 Å². The Hall–Kier alpha value is -3.14. The fourth-order valence-corrected chi connectivity index (χ4v) is 5.46. The van der Waals surface area contributed by atoms with Crippen molar-refractivity contribution in [3.05, 3.63) is 40.2 Å². The molecule has 0 unspecified atom stereocenters. The highest BCUT2D eigenvalue weighted by Gasteiger charge is 2.47. The smallest absolute Gasteiger partial charge is 0.336 e. The molecule has 1 aromatic carbocycles. The van der Waals surface area contributed by atoms with E-state index < -0.39 is 23.8 Å². The third-order valence-electron chi connectivity index (χ3n) is 6.65. The van der Waals surface area contributed by atoms with Gasteiger partial charge in [0.05, 0.1) is 34.0 Å². The molecular weight excluding hydrogens is 498 g/mol. The van der Waals surface area contributed by atoms with Crippen molar-refractivity contribution < 1.29 is 38.1 Å². The Kier molecular flexibility index (Phi) is 9.53. The van der Waals surface area contributed by atoms with Gasteiger partial charge in [0.25, 0.3) is 0 Å². The van der Waals surface area contributed by atoms with E-state index in [-0.39, 0.29) is 18.3 Å². The second-order valence-corrected chi connectivity index (χ2v) is 10.2. The van der Waals surface area contributed by atoms with Crippen molar-refractivity contribution in [1.29, 1.82) is 0 Å². The summed E-state index contributed by atoms with van der Waals surface area (Å²) in [5, 5.41) is 3.26. The summed E-state index contributed by atoms with van der Waals surface area (Å²) in [6.07, 6.45) is 0.439. The lowest BCUT2D eigenvalue weighted by Crippen LogP contribution is -2.43. The molecule has 2 aliphatic rings. The Morgan fingerprint density at radius 2 is 1.73 bits per heavy atom. The topological polar surface area (TPSA) is 109 Å². The van der Waals surface area contributed by atoms with Gasteiger partial charge in [-0.3, -0.25) is 9.59 Å². The number of carbonyl (C=O) groups excluding carboxylic acids is 3. The minimum Gasteiger partial charge on any atom is -0.493 e. The van der Waals surface area contributed by atoms with Gasteiger partial charge in [0.1, 0.15) is 12.5 Å². The predicted octanol–water partition coefficient (Wildman–Crippen LogP) is 3.62. The Morgan fingerprint density at radius 3 is 2.27 bits per heavy atom. The monoisotopic (exact) mass is 533 g/mol. The molecular formula is C27H35NO8S. The number of hydrogen-bond acceptors (Lipinski definition) is 10. The molecule has 0 saturated carbocycles. The third-order valence-corrected chi connectivity index (χ3v) is 7.51. The predicted molar refractivity (Wildman–Crippen MR) is 140 cm³/mol. The van der Waals surface area contributed by atoms with Gasteiger partial charge in [-0.25, -0.2) is 4.79 Å². The molecule has 0 amide bonds. The van der Waals surface area contributed by atoms with E-state index in [9.17, 15) is 14.4 Å². The molecule has 10 heteroatoms. The van der Waals surface area contributed by atoms with Crippen LogP contribution >= 0.6 is 11.8 Å². The Morgan fingerprint density at radius 1 is 1.08 bits per heavy atom. The zero-order valence-electron chi connectivity index (χ0n) is 22.4. The van der Waals surface area contributed by atoms with Crippen LogP contribution in [-0.4, -0.2) is 64.3 Å². The summed E-state index contributed by atoms with van der Waals surface area (Å²) in [7, 11) is 5.76. The zero-order valence-corrected chi connectivity index (χ0v) is 23.2. The minimum atomic E-state index is -0.980. The van der Waals surface area contributed by atoms with E-state index in [0.717, 1.165) is 5.75 Å². The summed E-state index contributed by atoms with van der Waals surface area (Å²) in [6, 6.07) is 3.43. The van der Waals surface area contributed by atoms with E-state index >= 15 is 0 Å². The molecule has 0 saturated heterocycles. The van der Waals surface area contributed by atoms with Crippen molar-refractivity contribution >= 4 is 29.5 Å². The van der Waals surface area contributed by atoms with E-state index in [1.807, 2.05) is 13.8 Å². The number of benzene rings is 1. The maximum Gasteiger partial charge on any atom is 0.336 e. The molecule has 0 aromatic heterocycles. The van der Waals surface area contributed by atoms with Crippen molar-refractivity contribution in [2.45, 2.75) is 33.1 Å². The molecule has 1 aliphatic heterocycles. The SMILES string of the molecule is CCSCCOC(=O)C1=C(C)NC2=C(C(=O)[C@H](C(=O)OC)[C@@H](C)C2)[C@H]1c1cc(OC)c(OC)c(OC)c1. The first kappa shape index (κ1) is 28.4. The van der Waals surface area contributed by atoms with Gasteiger partial charge < -0.3 is 29.0 Å². The number of methoxy groups -OCH3 is 4. The number of ketones is 1. The van der Waals surface area contributed by atoms with Gasteiger partial charge in [0.15, 0.2) is 17.3 Å². The summed E-state index contributed by atoms with van der Waals surface area (Å²) >= 11 is 1.66. The number of hydrogen-bond donors (Lipinski definition) is 1. The maximum absolute atomic E-state index is 13.9. The number of carbonyl (C=O) groups is 3. The maximum atomic E-state index is 13.9. The van der Waals surface area contributed by atoms with Crippen LogP contribution < -0.4 is 19.5 Å². The zero-order chi connectivity index (χ0) is 27.3. The number of rotatable bonds is 10. The number of allylic oxidation sites excluding steroid dienone is 3. The van der Waals surface area contributed by atoms with Crippen LogP contribution in [0.25, 0.3) is 0 Å². The number of Topliss-reactive ketones (excluding diaryl/α,β-unsaturated/α-hetero) is 1. The highest BCUT2D eigenvalue weighted by Crippen LogP contribution is 2.49. The lowest BCUT2D eigenvalue weighted by atomic mass is 9.69. The van der Waals surface area contributed by atoms with Gasteiger partial charge in [0, 0.05) is 28.6 Å². The quantitative estimate of drug-likeness (QED) is 0.272. The van der Waals surface area contributed by atoms with E-state index in [0.29, 0.717) is 57.5 Å². The second-order valence-electron chi connectivity index (χ2n) is 8.83.